The van der Waals surface area contributed by atoms with Crippen molar-refractivity contribution in [3.05, 3.63) is 67.3 Å². The molecule has 0 heterocycles. The Labute approximate surface area is 99.0 Å². The third-order valence-electron chi connectivity index (χ3n) is 2.58. The van der Waals surface area contributed by atoms with E-state index in [1.165, 1.54) is 12.0 Å². The molecule has 0 bridgehead atoms. The molecular formula is C16H20. The fraction of sp³-hybridized carbons (Fsp3) is 0.250. The van der Waals surface area contributed by atoms with Crippen LogP contribution in [0, 0.1) is 5.92 Å². The lowest BCUT2D eigenvalue weighted by Gasteiger charge is -2.05. The van der Waals surface area contributed by atoms with E-state index in [-0.39, 0.29) is 0 Å². The molecule has 1 aromatic rings. The van der Waals surface area contributed by atoms with Crippen LogP contribution in [0.2, 0.25) is 0 Å². The second-order valence-corrected chi connectivity index (χ2v) is 3.89. The quantitative estimate of drug-likeness (QED) is 0.447. The van der Waals surface area contributed by atoms with Gasteiger partial charge in [-0.05, 0) is 30.7 Å². The fourth-order valence-corrected chi connectivity index (χ4v) is 1.59. The molecule has 0 aliphatic heterocycles. The molecule has 1 unspecified atom stereocenters. The van der Waals surface area contributed by atoms with Crippen molar-refractivity contribution in [2.45, 2.75) is 19.3 Å². The van der Waals surface area contributed by atoms with Gasteiger partial charge in [0.15, 0.2) is 0 Å². The van der Waals surface area contributed by atoms with Gasteiger partial charge in [-0.3, -0.25) is 0 Å². The van der Waals surface area contributed by atoms with Gasteiger partial charge >= 0.3 is 0 Å². The van der Waals surface area contributed by atoms with E-state index in [1.807, 2.05) is 18.2 Å². The van der Waals surface area contributed by atoms with Crippen molar-refractivity contribution < 1.29 is 0 Å². The van der Waals surface area contributed by atoms with E-state index in [0.717, 1.165) is 12.8 Å². The first-order chi connectivity index (χ1) is 7.86. The molecule has 84 valence electrons. The Morgan fingerprint density at radius 1 is 1.12 bits per heavy atom. The average Bonchev–Trinajstić information content (AvgIpc) is 2.35. The summed E-state index contributed by atoms with van der Waals surface area (Å²) in [4.78, 5) is 0. The highest BCUT2D eigenvalue weighted by molar-refractivity contribution is 5.49. The fourth-order valence-electron chi connectivity index (χ4n) is 1.59. The summed E-state index contributed by atoms with van der Waals surface area (Å²) in [5, 5.41) is 0. The number of rotatable bonds is 7. The first-order valence-electron chi connectivity index (χ1n) is 5.83. The predicted molar refractivity (Wildman–Crippen MR) is 73.2 cm³/mol. The molecule has 0 nitrogen and oxygen atoms in total. The molecule has 0 N–H and O–H groups in total. The summed E-state index contributed by atoms with van der Waals surface area (Å²) in [7, 11) is 0. The lowest BCUT2D eigenvalue weighted by molar-refractivity contribution is 0.664. The van der Waals surface area contributed by atoms with Gasteiger partial charge in [-0.1, -0.05) is 54.6 Å². The van der Waals surface area contributed by atoms with Crippen LogP contribution in [0.25, 0.3) is 6.08 Å². The van der Waals surface area contributed by atoms with Crippen molar-refractivity contribution in [1.29, 1.82) is 0 Å². The van der Waals surface area contributed by atoms with Gasteiger partial charge < -0.3 is 0 Å². The molecule has 0 radical (unpaired) electrons. The maximum absolute atomic E-state index is 3.87. The van der Waals surface area contributed by atoms with Gasteiger partial charge in [0.05, 0.1) is 0 Å². The largest absolute Gasteiger partial charge is 0.103 e. The van der Waals surface area contributed by atoms with E-state index < -0.39 is 0 Å². The Morgan fingerprint density at radius 3 is 2.50 bits per heavy atom. The highest BCUT2D eigenvalue weighted by atomic mass is 14.0. The van der Waals surface area contributed by atoms with E-state index in [4.69, 9.17) is 0 Å². The topological polar surface area (TPSA) is 0 Å². The molecule has 1 rings (SSSR count). The lowest BCUT2D eigenvalue weighted by Crippen LogP contribution is -1.90. The second kappa shape index (κ2) is 7.70. The van der Waals surface area contributed by atoms with Gasteiger partial charge in [-0.15, -0.1) is 13.2 Å². The molecule has 0 amide bonds. The molecule has 0 fully saturated rings. The summed E-state index contributed by atoms with van der Waals surface area (Å²) in [5.74, 6) is 0.472. The molecule has 0 heteroatoms. The third-order valence-corrected chi connectivity index (χ3v) is 2.58. The number of benzene rings is 1. The molecule has 0 saturated carbocycles. The summed E-state index contributed by atoms with van der Waals surface area (Å²) in [6, 6.07) is 10.4. The van der Waals surface area contributed by atoms with Gasteiger partial charge in [0, 0.05) is 0 Å². The minimum absolute atomic E-state index is 0.472. The monoisotopic (exact) mass is 212 g/mol. The molecule has 16 heavy (non-hydrogen) atoms. The Bertz CT molecular complexity index is 332. The summed E-state index contributed by atoms with van der Waals surface area (Å²) in [5.41, 5.74) is 1.25. The van der Waals surface area contributed by atoms with E-state index in [0.29, 0.717) is 5.92 Å². The zero-order valence-electron chi connectivity index (χ0n) is 9.81. The SMILES string of the molecule is C=CCCCC(C=C)C=Cc1ccccc1. The standard InChI is InChI=1S/C16H20/c1-3-5-7-10-15(4-2)13-14-16-11-8-6-9-12-16/h3-4,6,8-9,11-15H,1-2,5,7,10H2. The van der Waals surface area contributed by atoms with Crippen LogP contribution in [0.5, 0.6) is 0 Å². The first-order valence-corrected chi connectivity index (χ1v) is 5.83. The van der Waals surface area contributed by atoms with Crippen LogP contribution in [0.1, 0.15) is 24.8 Å². The van der Waals surface area contributed by atoms with Crippen LogP contribution in [0.15, 0.2) is 61.7 Å². The van der Waals surface area contributed by atoms with Crippen LogP contribution in [-0.4, -0.2) is 0 Å². The van der Waals surface area contributed by atoms with Crippen molar-refractivity contribution in [3.63, 3.8) is 0 Å². The zero-order valence-corrected chi connectivity index (χ0v) is 9.81. The van der Waals surface area contributed by atoms with E-state index in [2.05, 4.69) is 49.6 Å². The number of unbranched alkanes of at least 4 members (excludes halogenated alkanes) is 1. The smallest absolute Gasteiger partial charge is 0.00527 e. The average molecular weight is 212 g/mol. The normalized spacial score (nSPS) is 12.5. The van der Waals surface area contributed by atoms with Gasteiger partial charge in [0.1, 0.15) is 0 Å². The van der Waals surface area contributed by atoms with Crippen molar-refractivity contribution >= 4 is 6.08 Å². The zero-order chi connectivity index (χ0) is 11.6. The molecule has 0 aliphatic carbocycles. The molecule has 0 spiro atoms. The van der Waals surface area contributed by atoms with E-state index >= 15 is 0 Å². The predicted octanol–water partition coefficient (Wildman–Crippen LogP) is 4.86. The van der Waals surface area contributed by atoms with Crippen molar-refractivity contribution in [3.8, 4) is 0 Å². The van der Waals surface area contributed by atoms with E-state index in [9.17, 15) is 0 Å². The van der Waals surface area contributed by atoms with Gasteiger partial charge in [-0.25, -0.2) is 0 Å². The summed E-state index contributed by atoms with van der Waals surface area (Å²) >= 11 is 0. The lowest BCUT2D eigenvalue weighted by atomic mass is 10.0. The minimum atomic E-state index is 0.472. The molecule has 0 aliphatic rings. The summed E-state index contributed by atoms with van der Waals surface area (Å²) in [6.07, 6.45) is 11.8. The van der Waals surface area contributed by atoms with Crippen molar-refractivity contribution in [2.75, 3.05) is 0 Å². The number of hydrogen-bond donors (Lipinski definition) is 0. The Hall–Kier alpha value is -1.56. The Kier molecular flexibility index (Phi) is 6.02. The van der Waals surface area contributed by atoms with Crippen molar-refractivity contribution in [2.24, 2.45) is 5.92 Å². The maximum Gasteiger partial charge on any atom is -0.00527 e. The van der Waals surface area contributed by atoms with Crippen LogP contribution in [0.3, 0.4) is 0 Å². The number of hydrogen-bond acceptors (Lipinski definition) is 0. The van der Waals surface area contributed by atoms with Gasteiger partial charge in [-0.2, -0.15) is 0 Å². The first kappa shape index (κ1) is 12.5. The second-order valence-electron chi connectivity index (χ2n) is 3.89. The van der Waals surface area contributed by atoms with Crippen LogP contribution >= 0.6 is 0 Å². The van der Waals surface area contributed by atoms with Crippen LogP contribution in [0.4, 0.5) is 0 Å². The third kappa shape index (κ3) is 4.79. The maximum atomic E-state index is 3.87. The van der Waals surface area contributed by atoms with Crippen molar-refractivity contribution in [1.82, 2.24) is 0 Å². The Morgan fingerprint density at radius 2 is 1.88 bits per heavy atom. The van der Waals surface area contributed by atoms with Gasteiger partial charge in [0.2, 0.25) is 0 Å². The molecule has 1 aromatic carbocycles. The molecule has 0 aromatic heterocycles. The molecular weight excluding hydrogens is 192 g/mol. The summed E-state index contributed by atoms with van der Waals surface area (Å²) < 4.78 is 0. The highest BCUT2D eigenvalue weighted by Crippen LogP contribution is 2.13. The minimum Gasteiger partial charge on any atom is -0.103 e. The molecule has 1 atom stereocenters. The molecule has 0 saturated heterocycles. The van der Waals surface area contributed by atoms with Gasteiger partial charge in [0.25, 0.3) is 0 Å². The van der Waals surface area contributed by atoms with Crippen LogP contribution < -0.4 is 0 Å². The highest BCUT2D eigenvalue weighted by Gasteiger charge is 1.97. The van der Waals surface area contributed by atoms with E-state index in [1.54, 1.807) is 0 Å². The van der Waals surface area contributed by atoms with Crippen LogP contribution in [-0.2, 0) is 0 Å². The summed E-state index contributed by atoms with van der Waals surface area (Å²) in [6.45, 7) is 7.61. The number of allylic oxidation sites excluding steroid dienone is 3. The Balaban J connectivity index is 2.46.